The lowest BCUT2D eigenvalue weighted by atomic mass is 10.1. The average Bonchev–Trinajstić information content (AvgIpc) is 3.60. The van der Waals surface area contributed by atoms with Crippen LogP contribution in [0, 0.1) is 0 Å². The molecule has 178 valence electrons. The quantitative estimate of drug-likeness (QED) is 0.295. The SMILES string of the molecule is CC(=O)c1ccc(-c2nccc3[nH]c(-c4n[nH]c5cnc(-c6cncc(CN(C)C)c6)cc45)cc23)s1. The van der Waals surface area contributed by atoms with Gasteiger partial charge in [0.2, 0.25) is 0 Å². The van der Waals surface area contributed by atoms with Gasteiger partial charge in [-0.15, -0.1) is 11.3 Å². The topological polar surface area (TPSA) is 103 Å². The van der Waals surface area contributed by atoms with Crippen LogP contribution in [0.5, 0.6) is 0 Å². The van der Waals surface area contributed by atoms with E-state index in [4.69, 9.17) is 0 Å². The Labute approximate surface area is 211 Å². The molecule has 6 rings (SSSR count). The Morgan fingerprint density at radius 1 is 0.972 bits per heavy atom. The van der Waals surface area contributed by atoms with Crippen LogP contribution < -0.4 is 0 Å². The molecule has 9 heteroatoms. The molecule has 36 heavy (non-hydrogen) atoms. The molecule has 0 bridgehead atoms. The maximum atomic E-state index is 11.8. The number of thiophene rings is 1. The van der Waals surface area contributed by atoms with Gasteiger partial charge in [-0.05, 0) is 63.0 Å². The summed E-state index contributed by atoms with van der Waals surface area (Å²) < 4.78 is 0. The zero-order valence-corrected chi connectivity index (χ0v) is 20.8. The molecule has 0 spiro atoms. The molecule has 0 fully saturated rings. The van der Waals surface area contributed by atoms with Gasteiger partial charge in [0.25, 0.3) is 0 Å². The smallest absolute Gasteiger partial charge is 0.169 e. The minimum Gasteiger partial charge on any atom is -0.353 e. The lowest BCUT2D eigenvalue weighted by molar-refractivity contribution is 0.102. The first kappa shape index (κ1) is 22.3. The van der Waals surface area contributed by atoms with E-state index in [-0.39, 0.29) is 5.78 Å². The van der Waals surface area contributed by atoms with Gasteiger partial charge in [0, 0.05) is 47.0 Å². The molecule has 8 nitrogen and oxygen atoms in total. The van der Waals surface area contributed by atoms with Crippen molar-refractivity contribution in [2.24, 2.45) is 0 Å². The third kappa shape index (κ3) is 3.98. The van der Waals surface area contributed by atoms with Crippen molar-refractivity contribution in [3.8, 4) is 33.2 Å². The number of aromatic amines is 2. The first-order valence-electron chi connectivity index (χ1n) is 11.5. The van der Waals surface area contributed by atoms with Crippen LogP contribution in [-0.2, 0) is 6.54 Å². The third-order valence-corrected chi connectivity index (χ3v) is 7.22. The van der Waals surface area contributed by atoms with Gasteiger partial charge in [-0.1, -0.05) is 0 Å². The van der Waals surface area contributed by atoms with E-state index in [9.17, 15) is 4.79 Å². The molecule has 0 saturated heterocycles. The Morgan fingerprint density at radius 2 is 1.83 bits per heavy atom. The molecule has 6 heterocycles. The number of rotatable bonds is 6. The zero-order chi connectivity index (χ0) is 24.8. The zero-order valence-electron chi connectivity index (χ0n) is 20.0. The molecule has 2 N–H and O–H groups in total. The minimum atomic E-state index is 0.0584. The highest BCUT2D eigenvalue weighted by Gasteiger charge is 2.17. The molecule has 0 amide bonds. The van der Waals surface area contributed by atoms with Crippen molar-refractivity contribution < 1.29 is 4.79 Å². The van der Waals surface area contributed by atoms with Crippen LogP contribution in [0.25, 0.3) is 55.0 Å². The van der Waals surface area contributed by atoms with Gasteiger partial charge in [-0.2, -0.15) is 5.10 Å². The average molecular weight is 494 g/mol. The van der Waals surface area contributed by atoms with Crippen molar-refractivity contribution in [2.45, 2.75) is 13.5 Å². The summed E-state index contributed by atoms with van der Waals surface area (Å²) in [6.07, 6.45) is 7.31. The molecule has 0 unspecified atom stereocenters. The highest BCUT2D eigenvalue weighted by molar-refractivity contribution is 7.17. The first-order valence-corrected chi connectivity index (χ1v) is 12.3. The van der Waals surface area contributed by atoms with Gasteiger partial charge in [0.15, 0.2) is 5.78 Å². The fourth-order valence-corrected chi connectivity index (χ4v) is 5.30. The van der Waals surface area contributed by atoms with Crippen molar-refractivity contribution in [1.29, 1.82) is 0 Å². The summed E-state index contributed by atoms with van der Waals surface area (Å²) in [4.78, 5) is 32.8. The summed E-state index contributed by atoms with van der Waals surface area (Å²) in [6.45, 7) is 2.39. The second-order valence-corrected chi connectivity index (χ2v) is 10.1. The van der Waals surface area contributed by atoms with Gasteiger partial charge in [0.1, 0.15) is 5.69 Å². The molecule has 6 aromatic rings. The van der Waals surface area contributed by atoms with Crippen molar-refractivity contribution in [3.05, 3.63) is 71.6 Å². The van der Waals surface area contributed by atoms with E-state index < -0.39 is 0 Å². The van der Waals surface area contributed by atoms with Crippen LogP contribution in [0.15, 0.2) is 61.2 Å². The largest absolute Gasteiger partial charge is 0.353 e. The predicted molar refractivity (Wildman–Crippen MR) is 143 cm³/mol. The van der Waals surface area contributed by atoms with Crippen LogP contribution >= 0.6 is 11.3 Å². The maximum absolute atomic E-state index is 11.8. The fraction of sp³-hybridized carbons (Fsp3) is 0.148. The number of aromatic nitrogens is 6. The monoisotopic (exact) mass is 493 g/mol. The molecular weight excluding hydrogens is 470 g/mol. The number of hydrogen-bond donors (Lipinski definition) is 2. The van der Waals surface area contributed by atoms with E-state index in [0.717, 1.165) is 72.0 Å². The van der Waals surface area contributed by atoms with E-state index in [0.29, 0.717) is 0 Å². The molecule has 0 aliphatic rings. The number of hydrogen-bond acceptors (Lipinski definition) is 7. The number of carbonyl (C=O) groups is 1. The Hall–Kier alpha value is -4.21. The number of pyridine rings is 3. The fourth-order valence-electron chi connectivity index (χ4n) is 4.39. The summed E-state index contributed by atoms with van der Waals surface area (Å²) in [6, 6.07) is 12.0. The molecule has 0 saturated carbocycles. The Balaban J connectivity index is 1.43. The second kappa shape index (κ2) is 8.78. The van der Waals surface area contributed by atoms with Gasteiger partial charge in [-0.3, -0.25) is 24.8 Å². The van der Waals surface area contributed by atoms with Crippen LogP contribution in [0.3, 0.4) is 0 Å². The third-order valence-electron chi connectivity index (χ3n) is 6.03. The summed E-state index contributed by atoms with van der Waals surface area (Å²) in [7, 11) is 4.08. The van der Waals surface area contributed by atoms with Gasteiger partial charge >= 0.3 is 0 Å². The van der Waals surface area contributed by atoms with Gasteiger partial charge in [-0.25, -0.2) is 0 Å². The second-order valence-electron chi connectivity index (χ2n) is 9.03. The maximum Gasteiger partial charge on any atom is 0.169 e. The number of fused-ring (bicyclic) bond motifs is 2. The van der Waals surface area contributed by atoms with E-state index >= 15 is 0 Å². The molecule has 0 aliphatic heterocycles. The molecule has 0 radical (unpaired) electrons. The number of nitrogens with zero attached hydrogens (tertiary/aromatic N) is 5. The standard InChI is InChI=1S/C27H23N7OS/c1-15(35)24-4-5-25(36-24)27-18-10-22(31-20(18)6-7-29-27)26-19-9-21(30-13-23(19)32-33-26)17-8-16(11-28-12-17)14-34(2)3/h4-13,31H,14H2,1-3H3,(H,32,33). The lowest BCUT2D eigenvalue weighted by Crippen LogP contribution is -2.10. The predicted octanol–water partition coefficient (Wildman–Crippen LogP) is 5.56. The van der Waals surface area contributed by atoms with E-state index in [1.54, 1.807) is 13.1 Å². The van der Waals surface area contributed by atoms with Crippen molar-refractivity contribution in [1.82, 2.24) is 35.0 Å². The van der Waals surface area contributed by atoms with Crippen molar-refractivity contribution >= 4 is 38.9 Å². The Morgan fingerprint density at radius 3 is 2.64 bits per heavy atom. The molecule has 0 aromatic carbocycles. The van der Waals surface area contributed by atoms with Crippen LogP contribution in [-0.4, -0.2) is 54.9 Å². The van der Waals surface area contributed by atoms with Crippen LogP contribution in [0.1, 0.15) is 22.2 Å². The number of ketones is 1. The van der Waals surface area contributed by atoms with Gasteiger partial charge in [0.05, 0.1) is 38.5 Å². The summed E-state index contributed by atoms with van der Waals surface area (Å²) in [5.41, 5.74) is 7.28. The molecular formula is C27H23N7OS. The Kier molecular flexibility index (Phi) is 5.43. The molecule has 0 aliphatic carbocycles. The summed E-state index contributed by atoms with van der Waals surface area (Å²) in [5.74, 6) is 0.0584. The van der Waals surface area contributed by atoms with Crippen molar-refractivity contribution in [3.63, 3.8) is 0 Å². The van der Waals surface area contributed by atoms with Gasteiger partial charge < -0.3 is 9.88 Å². The van der Waals surface area contributed by atoms with E-state index in [1.165, 1.54) is 11.3 Å². The van der Waals surface area contributed by atoms with E-state index in [1.807, 2.05) is 57.0 Å². The highest BCUT2D eigenvalue weighted by Crippen LogP contribution is 2.36. The van der Waals surface area contributed by atoms with Crippen molar-refractivity contribution in [2.75, 3.05) is 14.1 Å². The normalized spacial score (nSPS) is 11.7. The first-order chi connectivity index (χ1) is 17.5. The minimum absolute atomic E-state index is 0.0584. The number of carbonyl (C=O) groups excluding carboxylic acids is 1. The Bertz CT molecular complexity index is 1740. The summed E-state index contributed by atoms with van der Waals surface area (Å²) in [5, 5.41) is 9.65. The molecule has 0 atom stereocenters. The lowest BCUT2D eigenvalue weighted by Gasteiger charge is -2.10. The van der Waals surface area contributed by atoms with Crippen LogP contribution in [0.2, 0.25) is 0 Å². The number of H-pyrrole nitrogens is 2. The number of nitrogens with one attached hydrogen (secondary N) is 2. The van der Waals surface area contributed by atoms with E-state index in [2.05, 4.69) is 47.2 Å². The number of Topliss-reactive ketones (excluding diaryl/α,β-unsaturated/α-hetero) is 1. The summed E-state index contributed by atoms with van der Waals surface area (Å²) >= 11 is 1.46. The molecule has 6 aromatic heterocycles. The highest BCUT2D eigenvalue weighted by atomic mass is 32.1. The van der Waals surface area contributed by atoms with Crippen LogP contribution in [0.4, 0.5) is 0 Å².